The van der Waals surface area contributed by atoms with Gasteiger partial charge in [-0.2, -0.15) is 0 Å². The van der Waals surface area contributed by atoms with Gasteiger partial charge in [-0.25, -0.2) is 9.79 Å². The summed E-state index contributed by atoms with van der Waals surface area (Å²) >= 11 is 7.11. The van der Waals surface area contributed by atoms with Crippen molar-refractivity contribution in [3.63, 3.8) is 0 Å². The van der Waals surface area contributed by atoms with Gasteiger partial charge in [0.25, 0.3) is 0 Å². The van der Waals surface area contributed by atoms with E-state index in [-0.39, 0.29) is 18.2 Å². The zero-order valence-electron chi connectivity index (χ0n) is 16.4. The number of hydrogen-bond donors (Lipinski definition) is 1. The number of esters is 1. The predicted molar refractivity (Wildman–Crippen MR) is 118 cm³/mol. The van der Waals surface area contributed by atoms with Gasteiger partial charge in [0.05, 0.1) is 17.9 Å². The van der Waals surface area contributed by atoms with Gasteiger partial charge in [0.15, 0.2) is 5.17 Å². The van der Waals surface area contributed by atoms with Crippen molar-refractivity contribution in [2.75, 3.05) is 19.0 Å². The van der Waals surface area contributed by atoms with Crippen LogP contribution in [-0.4, -0.2) is 46.8 Å². The quantitative estimate of drug-likeness (QED) is 0.700. The summed E-state index contributed by atoms with van der Waals surface area (Å²) in [5.41, 5.74) is 1.56. The molecule has 1 aliphatic heterocycles. The van der Waals surface area contributed by atoms with Crippen LogP contribution in [0, 0.1) is 0 Å². The molecule has 1 unspecified atom stereocenters. The van der Waals surface area contributed by atoms with Gasteiger partial charge in [0, 0.05) is 24.2 Å². The van der Waals surface area contributed by atoms with Crippen LogP contribution in [0.4, 0.5) is 11.4 Å². The Balaban J connectivity index is 1.70. The maximum atomic E-state index is 12.7. The summed E-state index contributed by atoms with van der Waals surface area (Å²) in [6.07, 6.45) is 0.0630. The molecule has 1 heterocycles. The minimum absolute atomic E-state index is 0.0630. The molecule has 1 N–H and O–H groups in total. The van der Waals surface area contributed by atoms with Crippen LogP contribution < -0.4 is 5.32 Å². The molecule has 0 spiro atoms. The van der Waals surface area contributed by atoms with Crippen LogP contribution >= 0.6 is 23.4 Å². The molecule has 2 aromatic carbocycles. The molecule has 0 saturated carbocycles. The molecular weight excluding hydrogens is 426 g/mol. The van der Waals surface area contributed by atoms with Gasteiger partial charge >= 0.3 is 5.97 Å². The van der Waals surface area contributed by atoms with Crippen LogP contribution in [0.15, 0.2) is 53.5 Å². The third kappa shape index (κ3) is 5.40. The fourth-order valence-electron chi connectivity index (χ4n) is 2.65. The van der Waals surface area contributed by atoms with E-state index in [0.717, 1.165) is 0 Å². The fraction of sp³-hybridized carbons (Fsp3) is 0.238. The van der Waals surface area contributed by atoms with E-state index in [2.05, 4.69) is 10.3 Å². The topological polar surface area (TPSA) is 88.1 Å². The highest BCUT2D eigenvalue weighted by molar-refractivity contribution is 8.15. The van der Waals surface area contributed by atoms with Crippen LogP contribution in [0.1, 0.15) is 23.7 Å². The lowest BCUT2D eigenvalue weighted by atomic mass is 10.2. The first-order valence-electron chi connectivity index (χ1n) is 9.23. The summed E-state index contributed by atoms with van der Waals surface area (Å²) < 4.78 is 4.94. The number of benzene rings is 2. The van der Waals surface area contributed by atoms with E-state index < -0.39 is 11.2 Å². The number of carbonyl (C=O) groups excluding carboxylic acids is 3. The smallest absolute Gasteiger partial charge is 0.338 e. The minimum atomic E-state index is -0.621. The Morgan fingerprint density at radius 3 is 2.50 bits per heavy atom. The molecule has 7 nitrogen and oxygen atoms in total. The SMILES string of the molecule is CCOC(=O)c1ccc(NC(=O)C2CC(=O)N(C)C(=Nc3ccc(Cl)cc3)S2)cc1. The number of rotatable bonds is 5. The molecule has 156 valence electrons. The highest BCUT2D eigenvalue weighted by atomic mass is 35.5. The third-order valence-electron chi connectivity index (χ3n) is 4.28. The lowest BCUT2D eigenvalue weighted by Gasteiger charge is -2.28. The first-order valence-corrected chi connectivity index (χ1v) is 10.5. The molecule has 2 aromatic rings. The summed E-state index contributed by atoms with van der Waals surface area (Å²) in [4.78, 5) is 42.7. The van der Waals surface area contributed by atoms with Gasteiger partial charge in [-0.15, -0.1) is 0 Å². The summed E-state index contributed by atoms with van der Waals surface area (Å²) in [5, 5.41) is 3.19. The molecule has 9 heteroatoms. The van der Waals surface area contributed by atoms with Gasteiger partial charge in [-0.3, -0.25) is 14.5 Å². The van der Waals surface area contributed by atoms with E-state index in [4.69, 9.17) is 16.3 Å². The van der Waals surface area contributed by atoms with Crippen molar-refractivity contribution in [2.24, 2.45) is 4.99 Å². The number of nitrogens with zero attached hydrogens (tertiary/aromatic N) is 2. The summed E-state index contributed by atoms with van der Waals surface area (Å²) in [6, 6.07) is 13.3. The molecule has 30 heavy (non-hydrogen) atoms. The summed E-state index contributed by atoms with van der Waals surface area (Å²) in [6.45, 7) is 2.02. The number of amides is 2. The lowest BCUT2D eigenvalue weighted by molar-refractivity contribution is -0.128. The monoisotopic (exact) mass is 445 g/mol. The maximum Gasteiger partial charge on any atom is 0.338 e. The number of nitrogens with one attached hydrogen (secondary N) is 1. The first-order chi connectivity index (χ1) is 14.4. The first kappa shape index (κ1) is 21.9. The minimum Gasteiger partial charge on any atom is -0.462 e. The van der Waals surface area contributed by atoms with E-state index in [1.54, 1.807) is 62.5 Å². The van der Waals surface area contributed by atoms with E-state index in [0.29, 0.717) is 33.7 Å². The molecule has 0 aliphatic carbocycles. The lowest BCUT2D eigenvalue weighted by Crippen LogP contribution is -2.43. The molecule has 3 rings (SSSR count). The van der Waals surface area contributed by atoms with Crippen LogP contribution in [0.5, 0.6) is 0 Å². The second-order valence-electron chi connectivity index (χ2n) is 6.42. The van der Waals surface area contributed by atoms with Gasteiger partial charge < -0.3 is 10.1 Å². The average molecular weight is 446 g/mol. The van der Waals surface area contributed by atoms with Crippen molar-refractivity contribution in [2.45, 2.75) is 18.6 Å². The molecule has 1 atom stereocenters. The van der Waals surface area contributed by atoms with E-state index >= 15 is 0 Å². The third-order valence-corrected chi connectivity index (χ3v) is 5.77. The molecule has 0 bridgehead atoms. The zero-order chi connectivity index (χ0) is 21.7. The van der Waals surface area contributed by atoms with Gasteiger partial charge in [-0.1, -0.05) is 23.4 Å². The van der Waals surface area contributed by atoms with Gasteiger partial charge in [-0.05, 0) is 55.5 Å². The van der Waals surface area contributed by atoms with E-state index in [1.807, 2.05) is 0 Å². The zero-order valence-corrected chi connectivity index (χ0v) is 18.0. The van der Waals surface area contributed by atoms with Crippen molar-refractivity contribution >= 4 is 57.7 Å². The summed E-state index contributed by atoms with van der Waals surface area (Å²) in [5.74, 6) is -0.927. The number of halogens is 1. The molecule has 0 aromatic heterocycles. The van der Waals surface area contributed by atoms with Crippen molar-refractivity contribution in [3.05, 3.63) is 59.1 Å². The second kappa shape index (κ2) is 9.77. The molecule has 1 saturated heterocycles. The van der Waals surface area contributed by atoms with E-state index in [9.17, 15) is 14.4 Å². The molecule has 2 amide bonds. The standard InChI is InChI=1S/C21H20ClN3O4S/c1-3-29-20(28)13-4-8-15(9-5-13)23-19(27)17-12-18(26)25(2)21(30-17)24-16-10-6-14(22)7-11-16/h4-11,17H,3,12H2,1-2H3,(H,23,27). The Morgan fingerprint density at radius 2 is 1.87 bits per heavy atom. The number of carbonyl (C=O) groups is 3. The van der Waals surface area contributed by atoms with Crippen LogP contribution in [0.25, 0.3) is 0 Å². The normalized spacial score (nSPS) is 17.7. The fourth-order valence-corrected chi connectivity index (χ4v) is 3.84. The predicted octanol–water partition coefficient (Wildman–Crippen LogP) is 4.11. The second-order valence-corrected chi connectivity index (χ2v) is 8.03. The Labute approximate surface area is 183 Å². The number of anilines is 1. The number of thioether (sulfide) groups is 1. The summed E-state index contributed by atoms with van der Waals surface area (Å²) in [7, 11) is 1.63. The van der Waals surface area contributed by atoms with Crippen LogP contribution in [0.2, 0.25) is 5.02 Å². The Bertz CT molecular complexity index is 977. The van der Waals surface area contributed by atoms with Crippen molar-refractivity contribution in [3.8, 4) is 0 Å². The molecule has 1 fully saturated rings. The number of ether oxygens (including phenoxy) is 1. The van der Waals surface area contributed by atoms with Gasteiger partial charge in [0.2, 0.25) is 11.8 Å². The molecular formula is C21H20ClN3O4S. The highest BCUT2D eigenvalue weighted by Crippen LogP contribution is 2.29. The Kier molecular flexibility index (Phi) is 7.12. The van der Waals surface area contributed by atoms with E-state index in [1.165, 1.54) is 16.7 Å². The van der Waals surface area contributed by atoms with Crippen molar-refractivity contribution in [1.29, 1.82) is 0 Å². The molecule has 1 aliphatic rings. The number of hydrogen-bond acceptors (Lipinski definition) is 6. The maximum absolute atomic E-state index is 12.7. The Morgan fingerprint density at radius 1 is 1.20 bits per heavy atom. The van der Waals surface area contributed by atoms with Crippen LogP contribution in [0.3, 0.4) is 0 Å². The number of amidine groups is 1. The highest BCUT2D eigenvalue weighted by Gasteiger charge is 2.34. The average Bonchev–Trinajstić information content (AvgIpc) is 2.73. The Hall–Kier alpha value is -2.84. The largest absolute Gasteiger partial charge is 0.462 e. The van der Waals surface area contributed by atoms with Crippen molar-refractivity contribution < 1.29 is 19.1 Å². The molecule has 0 radical (unpaired) electrons. The van der Waals surface area contributed by atoms with Crippen LogP contribution in [-0.2, 0) is 14.3 Å². The van der Waals surface area contributed by atoms with Gasteiger partial charge in [0.1, 0.15) is 5.25 Å². The number of aliphatic imine (C=N–C) groups is 1. The van der Waals surface area contributed by atoms with Crippen molar-refractivity contribution in [1.82, 2.24) is 4.90 Å².